The van der Waals surface area contributed by atoms with Crippen LogP contribution in [0.25, 0.3) is 0 Å². The molecule has 0 fully saturated rings. The molecule has 7 heteroatoms. The molecule has 0 aromatic heterocycles. The van der Waals surface area contributed by atoms with Crippen molar-refractivity contribution in [2.45, 2.75) is 51.0 Å². The monoisotopic (exact) mass is 422 g/mol. The third-order valence-electron chi connectivity index (χ3n) is 4.59. The van der Waals surface area contributed by atoms with Crippen molar-refractivity contribution < 1.29 is 17.8 Å². The van der Waals surface area contributed by atoms with Gasteiger partial charge in [-0.15, -0.1) is 0 Å². The largest absolute Gasteiger partial charge is 0.305 e. The number of amides is 1. The maximum absolute atomic E-state index is 14.3. The number of hydrogen-bond donors (Lipinski definition) is 1. The summed E-state index contributed by atoms with van der Waals surface area (Å²) in [6, 6.07) is 7.25. The van der Waals surface area contributed by atoms with Gasteiger partial charge in [0.05, 0.1) is 21.9 Å². The molecule has 0 aliphatic rings. The van der Waals surface area contributed by atoms with Crippen molar-refractivity contribution in [3.8, 4) is 0 Å². The molecule has 29 heavy (non-hydrogen) atoms. The van der Waals surface area contributed by atoms with Crippen LogP contribution in [-0.2, 0) is 34.8 Å². The highest BCUT2D eigenvalue weighted by Gasteiger charge is 2.16. The van der Waals surface area contributed by atoms with Gasteiger partial charge in [0.1, 0.15) is 11.6 Å². The van der Waals surface area contributed by atoms with Crippen molar-refractivity contribution in [3.05, 3.63) is 64.2 Å². The molecule has 0 heterocycles. The van der Waals surface area contributed by atoms with Gasteiger partial charge in [-0.2, -0.15) is 4.36 Å². The minimum Gasteiger partial charge on any atom is -0.305 e. The molecule has 0 saturated heterocycles. The maximum Gasteiger partial charge on any atom is 0.258 e. The van der Waals surface area contributed by atoms with E-state index in [1.807, 2.05) is 39.8 Å². The van der Waals surface area contributed by atoms with Gasteiger partial charge in [0.25, 0.3) is 5.91 Å². The molecule has 2 aromatic carbocycles. The highest BCUT2D eigenvalue weighted by molar-refractivity contribution is 7.75. The van der Waals surface area contributed by atoms with E-state index in [9.17, 15) is 17.8 Å². The van der Waals surface area contributed by atoms with Gasteiger partial charge in [0.15, 0.2) is 0 Å². The van der Waals surface area contributed by atoms with Crippen LogP contribution in [0, 0.1) is 11.6 Å². The molecular weight excluding hydrogens is 394 g/mol. The third-order valence-corrected chi connectivity index (χ3v) is 5.77. The number of halogens is 2. The first-order valence-corrected chi connectivity index (χ1v) is 10.8. The predicted octanol–water partition coefficient (Wildman–Crippen LogP) is 4.51. The molecule has 2 aromatic rings. The molecular formula is C22H28F2N2O2S. The molecule has 0 aliphatic heterocycles. The number of aryl methyl sites for hydroxylation is 1. The van der Waals surface area contributed by atoms with Gasteiger partial charge in [-0.25, -0.2) is 13.0 Å². The molecule has 0 N–H and O–H groups in total. The van der Waals surface area contributed by atoms with Gasteiger partial charge < -0.3 is 4.90 Å². The minimum atomic E-state index is -2.55. The van der Waals surface area contributed by atoms with Gasteiger partial charge in [-0.1, -0.05) is 26.8 Å². The van der Waals surface area contributed by atoms with E-state index in [0.717, 1.165) is 16.7 Å². The molecule has 1 unspecified atom stereocenters. The average molecular weight is 423 g/mol. The summed E-state index contributed by atoms with van der Waals surface area (Å²) in [5.41, 5.74) is 2.92. The second kappa shape index (κ2) is 10.1. The summed E-state index contributed by atoms with van der Waals surface area (Å²) < 4.78 is 44.4. The van der Waals surface area contributed by atoms with E-state index in [4.69, 9.17) is 0 Å². The lowest BCUT2D eigenvalue weighted by atomic mass is 9.90. The molecule has 0 bridgehead atoms. The fourth-order valence-electron chi connectivity index (χ4n) is 3.27. The maximum atomic E-state index is 14.3. The Morgan fingerprint density at radius 1 is 1.17 bits per heavy atom. The normalized spacial score (nSPS) is 12.7. The van der Waals surface area contributed by atoms with Crippen molar-refractivity contribution in [3.63, 3.8) is 0 Å². The van der Waals surface area contributed by atoms with Gasteiger partial charge in [0.2, 0.25) is 0 Å². The summed E-state index contributed by atoms with van der Waals surface area (Å²) in [4.78, 5) is 14.3. The number of nitrogens with zero attached hydrogens (tertiary/aromatic N) is 2. The lowest BCUT2D eigenvalue weighted by molar-refractivity contribution is -0.117. The summed E-state index contributed by atoms with van der Waals surface area (Å²) in [7, 11) is 1.19. The highest BCUT2D eigenvalue weighted by atomic mass is 32.2. The van der Waals surface area contributed by atoms with E-state index in [1.165, 1.54) is 24.3 Å². The molecule has 0 spiro atoms. The van der Waals surface area contributed by atoms with Crippen LogP contribution < -0.4 is 0 Å². The lowest BCUT2D eigenvalue weighted by Gasteiger charge is -2.16. The van der Waals surface area contributed by atoms with Crippen LogP contribution in [0.2, 0.25) is 0 Å². The van der Waals surface area contributed by atoms with Crippen LogP contribution in [0.1, 0.15) is 48.9 Å². The van der Waals surface area contributed by atoms with Crippen LogP contribution in [0.15, 0.2) is 39.6 Å². The van der Waals surface area contributed by atoms with E-state index < -0.39 is 22.3 Å². The molecule has 1 atom stereocenters. The summed E-state index contributed by atoms with van der Waals surface area (Å²) in [6.45, 7) is 6.27. The van der Waals surface area contributed by atoms with Gasteiger partial charge in [0, 0.05) is 6.54 Å². The van der Waals surface area contributed by atoms with Gasteiger partial charge in [-0.3, -0.25) is 4.79 Å². The van der Waals surface area contributed by atoms with E-state index in [2.05, 4.69) is 4.36 Å². The van der Waals surface area contributed by atoms with Crippen LogP contribution in [0.5, 0.6) is 0 Å². The molecule has 4 nitrogen and oxygen atoms in total. The Balaban J connectivity index is 2.31. The topological polar surface area (TPSA) is 49.7 Å². The SMILES string of the molecule is CCc1cc(F)cc(C(C)C)c1CC(=O)N=[SH](=O)c1ccc(CN(C)C)cc1F. The number of carbonyl (C=O) groups is 1. The fraction of sp³-hybridized carbons (Fsp3) is 0.409. The molecule has 2 rings (SSSR count). The molecule has 1 amide bonds. The first kappa shape index (κ1) is 23.2. The van der Waals surface area contributed by atoms with Crippen LogP contribution in [0.3, 0.4) is 0 Å². The van der Waals surface area contributed by atoms with Crippen molar-refractivity contribution >= 4 is 16.5 Å². The summed E-state index contributed by atoms with van der Waals surface area (Å²) >= 11 is 0. The van der Waals surface area contributed by atoms with Crippen LogP contribution in [-0.4, -0.2) is 29.1 Å². The third kappa shape index (κ3) is 6.18. The molecule has 0 saturated carbocycles. The van der Waals surface area contributed by atoms with Gasteiger partial charge >= 0.3 is 0 Å². The first-order valence-electron chi connectivity index (χ1n) is 9.58. The predicted molar refractivity (Wildman–Crippen MR) is 113 cm³/mol. The molecule has 0 radical (unpaired) electrons. The number of carbonyl (C=O) groups excluding carboxylic acids is 1. The van der Waals surface area contributed by atoms with Gasteiger partial charge in [-0.05, 0) is 73.0 Å². The Bertz CT molecular complexity index is 981. The van der Waals surface area contributed by atoms with Crippen molar-refractivity contribution in [2.24, 2.45) is 4.36 Å². The Kier molecular flexibility index (Phi) is 8.05. The second-order valence-electron chi connectivity index (χ2n) is 7.61. The first-order chi connectivity index (χ1) is 13.6. The van der Waals surface area contributed by atoms with E-state index in [-0.39, 0.29) is 23.1 Å². The zero-order chi connectivity index (χ0) is 21.7. The number of thiol groups is 1. The Morgan fingerprint density at radius 2 is 1.86 bits per heavy atom. The number of rotatable bonds is 7. The highest BCUT2D eigenvalue weighted by Crippen LogP contribution is 2.26. The van der Waals surface area contributed by atoms with Crippen LogP contribution >= 0.6 is 0 Å². The van der Waals surface area contributed by atoms with E-state index >= 15 is 0 Å². The van der Waals surface area contributed by atoms with E-state index in [1.54, 1.807) is 6.07 Å². The van der Waals surface area contributed by atoms with E-state index in [0.29, 0.717) is 18.5 Å². The van der Waals surface area contributed by atoms with Crippen molar-refractivity contribution in [1.82, 2.24) is 4.90 Å². The lowest BCUT2D eigenvalue weighted by Crippen LogP contribution is -2.11. The smallest absolute Gasteiger partial charge is 0.258 e. The minimum absolute atomic E-state index is 0.0225. The quantitative estimate of drug-likeness (QED) is 0.668. The number of hydrogen-bond acceptors (Lipinski definition) is 3. The Labute approximate surface area is 173 Å². The summed E-state index contributed by atoms with van der Waals surface area (Å²) in [6.07, 6.45) is 0.479. The summed E-state index contributed by atoms with van der Waals surface area (Å²) in [5, 5.41) is 0. The zero-order valence-corrected chi connectivity index (χ0v) is 18.4. The van der Waals surface area contributed by atoms with Crippen LogP contribution in [0.4, 0.5) is 8.78 Å². The summed E-state index contributed by atoms with van der Waals surface area (Å²) in [5.74, 6) is -1.56. The average Bonchev–Trinajstić information content (AvgIpc) is 2.61. The Hall–Kier alpha value is -2.12. The molecule has 158 valence electrons. The fourth-order valence-corrected chi connectivity index (χ4v) is 4.10. The van der Waals surface area contributed by atoms with Crippen molar-refractivity contribution in [2.75, 3.05) is 14.1 Å². The molecule has 0 aliphatic carbocycles. The standard InChI is InChI=1S/C22H28F2N2O2S/c1-6-16-10-17(23)11-18(14(2)3)19(16)12-22(27)25-29(28)21-8-7-15(9-20(21)24)13-26(4)5/h7-11,14,29H,6,12-13H2,1-5H3. The van der Waals surface area contributed by atoms with Crippen molar-refractivity contribution in [1.29, 1.82) is 0 Å². The second-order valence-corrected chi connectivity index (χ2v) is 8.84. The number of benzene rings is 2. The zero-order valence-electron chi connectivity index (χ0n) is 17.5. The Morgan fingerprint density at radius 3 is 2.41 bits per heavy atom.